The number of hydrogen-bond donors (Lipinski definition) is 2. The summed E-state index contributed by atoms with van der Waals surface area (Å²) in [6, 6.07) is 3.15. The molecule has 0 unspecified atom stereocenters. The van der Waals surface area contributed by atoms with E-state index < -0.39 is 0 Å². The van der Waals surface area contributed by atoms with Gasteiger partial charge >= 0.3 is 0 Å². The Morgan fingerprint density at radius 1 is 1.05 bits per heavy atom. The minimum atomic E-state index is 0.00645. The van der Waals surface area contributed by atoms with Gasteiger partial charge in [-0.2, -0.15) is 0 Å². The third-order valence-electron chi connectivity index (χ3n) is 3.76. The smallest absolute Gasteiger partial charge is 0.250 e. The summed E-state index contributed by atoms with van der Waals surface area (Å²) in [6.07, 6.45) is 2.66. The molecule has 0 bridgehead atoms. The first-order valence-corrected chi connectivity index (χ1v) is 7.20. The Morgan fingerprint density at radius 3 is 2.35 bits per heavy atom. The van der Waals surface area contributed by atoms with Crippen molar-refractivity contribution in [2.75, 3.05) is 51.6 Å². The fraction of sp³-hybridized carbons (Fsp3) is 0.643. The number of rotatable bonds is 6. The predicted molar refractivity (Wildman–Crippen MR) is 79.7 cm³/mol. The number of hydrogen-bond acceptors (Lipinski definition) is 5. The molecule has 1 saturated heterocycles. The first-order valence-electron chi connectivity index (χ1n) is 7.20. The van der Waals surface area contributed by atoms with Crippen LogP contribution in [0.25, 0.3) is 0 Å². The number of nitrogen functional groups attached to an aromatic ring is 1. The van der Waals surface area contributed by atoms with Crippen LogP contribution >= 0.6 is 0 Å². The van der Waals surface area contributed by atoms with E-state index in [-0.39, 0.29) is 12.2 Å². The van der Waals surface area contributed by atoms with Crippen molar-refractivity contribution in [1.29, 1.82) is 0 Å². The van der Waals surface area contributed by atoms with Crippen LogP contribution in [0.5, 0.6) is 0 Å². The number of nitrogens with two attached hydrogens (primary N) is 1. The van der Waals surface area contributed by atoms with Crippen LogP contribution in [-0.4, -0.2) is 65.3 Å². The third-order valence-corrected chi connectivity index (χ3v) is 3.76. The van der Waals surface area contributed by atoms with Crippen LogP contribution in [-0.2, 0) is 6.54 Å². The number of aliphatic hydroxyl groups excluding tert-OH is 1. The Hall–Kier alpha value is -1.37. The maximum absolute atomic E-state index is 11.6. The van der Waals surface area contributed by atoms with Gasteiger partial charge in [-0.15, -0.1) is 0 Å². The molecule has 20 heavy (non-hydrogen) atoms. The molecule has 1 fully saturated rings. The van der Waals surface area contributed by atoms with E-state index in [9.17, 15) is 4.79 Å². The number of pyridine rings is 1. The first kappa shape index (κ1) is 15.0. The second-order valence-corrected chi connectivity index (χ2v) is 5.25. The van der Waals surface area contributed by atoms with Crippen LogP contribution in [0.15, 0.2) is 23.1 Å². The van der Waals surface area contributed by atoms with Gasteiger partial charge in [0.05, 0.1) is 6.61 Å². The maximum atomic E-state index is 11.6. The molecule has 0 aromatic carbocycles. The van der Waals surface area contributed by atoms with Crippen molar-refractivity contribution < 1.29 is 5.11 Å². The van der Waals surface area contributed by atoms with Gasteiger partial charge in [0, 0.05) is 57.2 Å². The molecule has 6 heteroatoms. The molecule has 6 nitrogen and oxygen atoms in total. The zero-order valence-corrected chi connectivity index (χ0v) is 11.9. The summed E-state index contributed by atoms with van der Waals surface area (Å²) in [5, 5.41) is 8.90. The maximum Gasteiger partial charge on any atom is 0.250 e. The molecule has 0 spiro atoms. The molecule has 0 radical (unpaired) electrons. The number of aryl methyl sites for hydroxylation is 1. The number of anilines is 1. The van der Waals surface area contributed by atoms with E-state index in [4.69, 9.17) is 10.8 Å². The summed E-state index contributed by atoms with van der Waals surface area (Å²) in [6.45, 7) is 6.80. The van der Waals surface area contributed by atoms with Crippen LogP contribution in [0.1, 0.15) is 6.42 Å². The Labute approximate surface area is 119 Å². The highest BCUT2D eigenvalue weighted by Crippen LogP contribution is 2.03. The normalized spacial score (nSPS) is 17.4. The number of β-amino-alcohol motifs (C(OH)–C–C–N with tert-alkyl or cyclic N) is 1. The third kappa shape index (κ3) is 4.33. The highest BCUT2D eigenvalue weighted by Gasteiger charge is 2.15. The predicted octanol–water partition coefficient (Wildman–Crippen LogP) is -0.569. The van der Waals surface area contributed by atoms with Crippen LogP contribution in [0.4, 0.5) is 5.69 Å². The molecule has 1 aliphatic heterocycles. The first-order chi connectivity index (χ1) is 9.69. The van der Waals surface area contributed by atoms with Crippen LogP contribution in [0.2, 0.25) is 0 Å². The second-order valence-electron chi connectivity index (χ2n) is 5.25. The van der Waals surface area contributed by atoms with Crippen molar-refractivity contribution >= 4 is 5.69 Å². The SMILES string of the molecule is Nc1ccc(=O)n(CCCN2CCN(CCO)CC2)c1. The molecule has 0 aliphatic carbocycles. The van der Waals surface area contributed by atoms with Crippen LogP contribution in [0.3, 0.4) is 0 Å². The highest BCUT2D eigenvalue weighted by molar-refractivity contribution is 5.33. The molecule has 3 N–H and O–H groups in total. The molecule has 2 rings (SSSR count). The zero-order valence-electron chi connectivity index (χ0n) is 11.9. The quantitative estimate of drug-likeness (QED) is 0.730. The van der Waals surface area contributed by atoms with Gasteiger partial charge < -0.3 is 20.3 Å². The lowest BCUT2D eigenvalue weighted by Gasteiger charge is -2.34. The van der Waals surface area contributed by atoms with Crippen molar-refractivity contribution in [3.63, 3.8) is 0 Å². The number of aromatic nitrogens is 1. The number of aliphatic hydroxyl groups is 1. The highest BCUT2D eigenvalue weighted by atomic mass is 16.3. The number of nitrogens with zero attached hydrogens (tertiary/aromatic N) is 3. The van der Waals surface area contributed by atoms with Crippen molar-refractivity contribution in [3.05, 3.63) is 28.7 Å². The van der Waals surface area contributed by atoms with Crippen molar-refractivity contribution in [2.45, 2.75) is 13.0 Å². The molecule has 0 amide bonds. The van der Waals surface area contributed by atoms with Crippen LogP contribution in [0, 0.1) is 0 Å². The van der Waals surface area contributed by atoms with Gasteiger partial charge in [0.1, 0.15) is 0 Å². The van der Waals surface area contributed by atoms with Gasteiger partial charge in [-0.05, 0) is 19.0 Å². The standard InChI is InChI=1S/C14H24N4O2/c15-13-2-3-14(20)18(12-13)5-1-4-16-6-8-17(9-7-16)10-11-19/h2-3,12,19H,1,4-11,15H2. The van der Waals surface area contributed by atoms with E-state index in [1.807, 2.05) is 0 Å². The van der Waals surface area contributed by atoms with E-state index in [0.29, 0.717) is 12.2 Å². The van der Waals surface area contributed by atoms with Crippen LogP contribution < -0.4 is 11.3 Å². The zero-order chi connectivity index (χ0) is 14.4. The van der Waals surface area contributed by atoms with Gasteiger partial charge in [-0.3, -0.25) is 9.69 Å². The van der Waals surface area contributed by atoms with Crippen molar-refractivity contribution in [1.82, 2.24) is 14.4 Å². The van der Waals surface area contributed by atoms with E-state index in [1.165, 1.54) is 6.07 Å². The molecule has 1 aromatic heterocycles. The lowest BCUT2D eigenvalue weighted by molar-refractivity contribution is 0.111. The summed E-state index contributed by atoms with van der Waals surface area (Å²) in [5.74, 6) is 0. The molecular weight excluding hydrogens is 256 g/mol. The van der Waals surface area contributed by atoms with Gasteiger partial charge in [-0.25, -0.2) is 0 Å². The minimum Gasteiger partial charge on any atom is -0.398 e. The summed E-state index contributed by atoms with van der Waals surface area (Å²) < 4.78 is 1.68. The largest absolute Gasteiger partial charge is 0.398 e. The van der Waals surface area contributed by atoms with Gasteiger partial charge in [0.25, 0.3) is 5.56 Å². The van der Waals surface area contributed by atoms with E-state index in [0.717, 1.165) is 45.7 Å². The second kappa shape index (κ2) is 7.42. The summed E-state index contributed by atoms with van der Waals surface area (Å²) in [7, 11) is 0. The monoisotopic (exact) mass is 280 g/mol. The molecule has 0 atom stereocenters. The fourth-order valence-corrected chi connectivity index (χ4v) is 2.57. The topological polar surface area (TPSA) is 74.7 Å². The van der Waals surface area contributed by atoms with Gasteiger partial charge in [-0.1, -0.05) is 0 Å². The van der Waals surface area contributed by atoms with Crippen molar-refractivity contribution in [3.8, 4) is 0 Å². The molecule has 2 heterocycles. The lowest BCUT2D eigenvalue weighted by Crippen LogP contribution is -2.47. The Kier molecular flexibility index (Phi) is 5.58. The molecular formula is C14H24N4O2. The lowest BCUT2D eigenvalue weighted by atomic mass is 10.3. The summed E-state index contributed by atoms with van der Waals surface area (Å²) >= 11 is 0. The van der Waals surface area contributed by atoms with E-state index >= 15 is 0 Å². The van der Waals surface area contributed by atoms with Gasteiger partial charge in [0.2, 0.25) is 0 Å². The molecule has 1 aromatic rings. The summed E-state index contributed by atoms with van der Waals surface area (Å²) in [4.78, 5) is 16.3. The number of piperazine rings is 1. The molecule has 112 valence electrons. The molecule has 1 aliphatic rings. The Morgan fingerprint density at radius 2 is 1.70 bits per heavy atom. The fourth-order valence-electron chi connectivity index (χ4n) is 2.57. The average molecular weight is 280 g/mol. The van der Waals surface area contributed by atoms with E-state index in [2.05, 4.69) is 9.80 Å². The minimum absolute atomic E-state index is 0.00645. The molecule has 0 saturated carbocycles. The van der Waals surface area contributed by atoms with Gasteiger partial charge in [0.15, 0.2) is 0 Å². The Balaban J connectivity index is 1.71. The average Bonchev–Trinajstić information content (AvgIpc) is 2.45. The van der Waals surface area contributed by atoms with E-state index in [1.54, 1.807) is 16.8 Å². The van der Waals surface area contributed by atoms with Crippen molar-refractivity contribution in [2.24, 2.45) is 0 Å². The summed E-state index contributed by atoms with van der Waals surface area (Å²) in [5.41, 5.74) is 6.32. The Bertz CT molecular complexity index is 466.